The summed E-state index contributed by atoms with van der Waals surface area (Å²) in [5, 5.41) is 3.08. The fourth-order valence-electron chi connectivity index (χ4n) is 1.55. The van der Waals surface area contributed by atoms with E-state index in [1.165, 1.54) is 12.0 Å². The first-order valence-corrected chi connectivity index (χ1v) is 5.28. The van der Waals surface area contributed by atoms with Gasteiger partial charge < -0.3 is 9.73 Å². The van der Waals surface area contributed by atoms with Crippen LogP contribution in [0, 0.1) is 0 Å². The van der Waals surface area contributed by atoms with Crippen molar-refractivity contribution in [2.24, 2.45) is 0 Å². The predicted octanol–water partition coefficient (Wildman–Crippen LogP) is 1.55. The number of rotatable bonds is 5. The Morgan fingerprint density at radius 3 is 3.19 bits per heavy atom. The number of nitrogens with zero attached hydrogens (tertiary/aromatic N) is 1. The number of fused-ring (bicyclic) bond motifs is 1. The molecule has 1 aromatic heterocycles. The number of nitrogens with one attached hydrogen (secondary N) is 1. The highest BCUT2D eigenvalue weighted by molar-refractivity contribution is 5.77. The second-order valence-corrected chi connectivity index (χ2v) is 3.78. The number of aromatic nitrogens is 1. The minimum atomic E-state index is 0.158. The van der Waals surface area contributed by atoms with Gasteiger partial charge in [0.25, 0.3) is 0 Å². The zero-order valence-corrected chi connectivity index (χ0v) is 9.19. The molecule has 0 saturated carbocycles. The minimum Gasteiger partial charge on any atom is -0.443 e. The molecule has 84 valence electrons. The van der Waals surface area contributed by atoms with Crippen LogP contribution < -0.4 is 5.32 Å². The third kappa shape index (κ3) is 2.67. The van der Waals surface area contributed by atoms with Crippen LogP contribution in [-0.4, -0.2) is 23.9 Å². The lowest BCUT2D eigenvalue weighted by Crippen LogP contribution is -2.23. The van der Waals surface area contributed by atoms with Crippen molar-refractivity contribution in [2.45, 2.75) is 13.3 Å². The fraction of sp³-hybridized carbons (Fsp3) is 0.333. The molecule has 0 spiro atoms. The Bertz CT molecular complexity index is 490. The number of oxazole rings is 1. The van der Waals surface area contributed by atoms with E-state index < -0.39 is 0 Å². The summed E-state index contributed by atoms with van der Waals surface area (Å²) in [6, 6.07) is 5.96. The lowest BCUT2D eigenvalue weighted by Gasteiger charge is -2.02. The topological polar surface area (TPSA) is 55.1 Å². The van der Waals surface area contributed by atoms with Gasteiger partial charge in [-0.2, -0.15) is 0 Å². The van der Waals surface area contributed by atoms with Crippen molar-refractivity contribution in [1.82, 2.24) is 10.3 Å². The van der Waals surface area contributed by atoms with Crippen LogP contribution >= 0.6 is 0 Å². The van der Waals surface area contributed by atoms with Crippen LogP contribution in [-0.2, 0) is 11.2 Å². The van der Waals surface area contributed by atoms with Crippen molar-refractivity contribution in [3.63, 3.8) is 0 Å². The third-order valence-electron chi connectivity index (χ3n) is 2.36. The van der Waals surface area contributed by atoms with E-state index in [1.54, 1.807) is 6.92 Å². The Morgan fingerprint density at radius 1 is 1.50 bits per heavy atom. The number of Topliss-reactive ketones (excluding diaryl/α,β-unsaturated/α-hetero) is 1. The third-order valence-corrected chi connectivity index (χ3v) is 2.36. The minimum absolute atomic E-state index is 0.158. The zero-order valence-electron chi connectivity index (χ0n) is 9.19. The Labute approximate surface area is 93.7 Å². The maximum Gasteiger partial charge on any atom is 0.181 e. The number of benzene rings is 1. The van der Waals surface area contributed by atoms with E-state index in [-0.39, 0.29) is 5.78 Å². The Morgan fingerprint density at radius 2 is 2.38 bits per heavy atom. The molecule has 0 atom stereocenters. The molecule has 2 rings (SSSR count). The fourth-order valence-corrected chi connectivity index (χ4v) is 1.55. The van der Waals surface area contributed by atoms with E-state index in [0.717, 1.165) is 24.1 Å². The van der Waals surface area contributed by atoms with Crippen molar-refractivity contribution in [3.05, 3.63) is 30.2 Å². The highest BCUT2D eigenvalue weighted by Crippen LogP contribution is 2.14. The highest BCUT2D eigenvalue weighted by Gasteiger charge is 2.00. The normalized spacial score (nSPS) is 10.8. The molecule has 16 heavy (non-hydrogen) atoms. The molecule has 1 heterocycles. The van der Waals surface area contributed by atoms with Crippen molar-refractivity contribution in [1.29, 1.82) is 0 Å². The van der Waals surface area contributed by atoms with Gasteiger partial charge in [-0.05, 0) is 37.6 Å². The molecule has 2 aromatic rings. The van der Waals surface area contributed by atoms with Crippen molar-refractivity contribution >= 4 is 16.9 Å². The first-order valence-electron chi connectivity index (χ1n) is 5.28. The number of hydrogen-bond donors (Lipinski definition) is 1. The Kier molecular flexibility index (Phi) is 3.31. The Balaban J connectivity index is 1.91. The van der Waals surface area contributed by atoms with Crippen LogP contribution in [0.4, 0.5) is 0 Å². The van der Waals surface area contributed by atoms with E-state index >= 15 is 0 Å². The molecule has 4 nitrogen and oxygen atoms in total. The van der Waals surface area contributed by atoms with Crippen LogP contribution in [0.1, 0.15) is 12.5 Å². The molecule has 4 heteroatoms. The van der Waals surface area contributed by atoms with Gasteiger partial charge >= 0.3 is 0 Å². The molecule has 1 N–H and O–H groups in total. The van der Waals surface area contributed by atoms with Gasteiger partial charge in [-0.15, -0.1) is 0 Å². The Hall–Kier alpha value is -1.68. The van der Waals surface area contributed by atoms with Gasteiger partial charge in [0, 0.05) is 0 Å². The van der Waals surface area contributed by atoms with Gasteiger partial charge in [0.1, 0.15) is 11.3 Å². The SMILES string of the molecule is CC(=O)CNCCc1ccc2ncoc2c1. The summed E-state index contributed by atoms with van der Waals surface area (Å²) in [5.74, 6) is 0.158. The molecule has 0 aliphatic carbocycles. The summed E-state index contributed by atoms with van der Waals surface area (Å²) in [5.41, 5.74) is 2.87. The molecule has 0 fully saturated rings. The predicted molar refractivity (Wildman–Crippen MR) is 61.3 cm³/mol. The molecule has 1 aromatic carbocycles. The molecule has 0 aliphatic heterocycles. The zero-order chi connectivity index (χ0) is 11.4. The first kappa shape index (κ1) is 10.8. The van der Waals surface area contributed by atoms with Crippen molar-refractivity contribution in [2.75, 3.05) is 13.1 Å². The average molecular weight is 218 g/mol. The number of hydrogen-bond acceptors (Lipinski definition) is 4. The quantitative estimate of drug-likeness (QED) is 0.773. The monoisotopic (exact) mass is 218 g/mol. The summed E-state index contributed by atoms with van der Waals surface area (Å²) in [7, 11) is 0. The molecular weight excluding hydrogens is 204 g/mol. The summed E-state index contributed by atoms with van der Waals surface area (Å²) in [6.45, 7) is 2.80. The van der Waals surface area contributed by atoms with Crippen LogP contribution in [0.3, 0.4) is 0 Å². The first-order chi connectivity index (χ1) is 7.75. The summed E-state index contributed by atoms with van der Waals surface area (Å²) >= 11 is 0. The molecule has 0 radical (unpaired) electrons. The number of carbonyl (C=O) groups is 1. The van der Waals surface area contributed by atoms with Gasteiger partial charge in [-0.3, -0.25) is 4.79 Å². The van der Waals surface area contributed by atoms with E-state index in [4.69, 9.17) is 4.42 Å². The lowest BCUT2D eigenvalue weighted by atomic mass is 10.1. The molecule has 0 bridgehead atoms. The molecule has 0 unspecified atom stereocenters. The summed E-state index contributed by atoms with van der Waals surface area (Å²) in [6.07, 6.45) is 2.33. The largest absolute Gasteiger partial charge is 0.443 e. The standard InChI is InChI=1S/C12H14N2O2/c1-9(15)7-13-5-4-10-2-3-11-12(6-10)16-8-14-11/h2-3,6,8,13H,4-5,7H2,1H3. The van der Waals surface area contributed by atoms with Crippen LogP contribution in [0.15, 0.2) is 29.0 Å². The number of carbonyl (C=O) groups excluding carboxylic acids is 1. The van der Waals surface area contributed by atoms with Gasteiger partial charge in [0.05, 0.1) is 6.54 Å². The van der Waals surface area contributed by atoms with Crippen LogP contribution in [0.25, 0.3) is 11.1 Å². The van der Waals surface area contributed by atoms with E-state index in [9.17, 15) is 4.79 Å². The smallest absolute Gasteiger partial charge is 0.181 e. The lowest BCUT2D eigenvalue weighted by molar-refractivity contribution is -0.116. The molecule has 0 aliphatic rings. The molecular formula is C12H14N2O2. The second kappa shape index (κ2) is 4.90. The number of ketones is 1. The molecule has 0 amide bonds. The van der Waals surface area contributed by atoms with Gasteiger partial charge in [0.2, 0.25) is 0 Å². The average Bonchev–Trinajstić information content (AvgIpc) is 2.71. The van der Waals surface area contributed by atoms with E-state index in [0.29, 0.717) is 6.54 Å². The van der Waals surface area contributed by atoms with Crippen molar-refractivity contribution in [3.8, 4) is 0 Å². The highest BCUT2D eigenvalue weighted by atomic mass is 16.3. The van der Waals surface area contributed by atoms with Gasteiger partial charge in [-0.25, -0.2) is 4.98 Å². The van der Waals surface area contributed by atoms with Gasteiger partial charge in [-0.1, -0.05) is 6.07 Å². The van der Waals surface area contributed by atoms with Crippen LogP contribution in [0.5, 0.6) is 0 Å². The molecule has 0 saturated heterocycles. The maximum absolute atomic E-state index is 10.7. The van der Waals surface area contributed by atoms with Gasteiger partial charge in [0.15, 0.2) is 12.0 Å². The maximum atomic E-state index is 10.7. The summed E-state index contributed by atoms with van der Waals surface area (Å²) in [4.78, 5) is 14.8. The van der Waals surface area contributed by atoms with Crippen LogP contribution in [0.2, 0.25) is 0 Å². The summed E-state index contributed by atoms with van der Waals surface area (Å²) < 4.78 is 5.22. The second-order valence-electron chi connectivity index (χ2n) is 3.78. The van der Waals surface area contributed by atoms with E-state index in [1.807, 2.05) is 18.2 Å². The van der Waals surface area contributed by atoms with Crippen molar-refractivity contribution < 1.29 is 9.21 Å². The van der Waals surface area contributed by atoms with E-state index in [2.05, 4.69) is 10.3 Å².